The Kier molecular flexibility index (Phi) is 2.39. The zero-order valence-electron chi connectivity index (χ0n) is 10.2. The molecule has 0 atom stereocenters. The van der Waals surface area contributed by atoms with Crippen molar-refractivity contribution in [1.82, 2.24) is 19.3 Å². The molecule has 2 aromatic heterocycles. The predicted octanol–water partition coefficient (Wildman–Crippen LogP) is 1.87. The summed E-state index contributed by atoms with van der Waals surface area (Å²) in [7, 11) is 1.93. The van der Waals surface area contributed by atoms with Crippen molar-refractivity contribution in [2.24, 2.45) is 7.05 Å². The van der Waals surface area contributed by atoms with Crippen LogP contribution in [0.15, 0.2) is 18.6 Å². The Morgan fingerprint density at radius 1 is 1.41 bits per heavy atom. The van der Waals surface area contributed by atoms with Crippen LogP contribution in [0.3, 0.4) is 0 Å². The van der Waals surface area contributed by atoms with Crippen LogP contribution in [0.1, 0.15) is 30.1 Å². The van der Waals surface area contributed by atoms with Gasteiger partial charge in [0, 0.05) is 37.6 Å². The van der Waals surface area contributed by atoms with Crippen LogP contribution in [0, 0.1) is 6.92 Å². The van der Waals surface area contributed by atoms with Gasteiger partial charge in [0.25, 0.3) is 0 Å². The number of hydrogen-bond donors (Lipinski definition) is 1. The van der Waals surface area contributed by atoms with E-state index in [0.717, 1.165) is 18.2 Å². The van der Waals surface area contributed by atoms with Crippen molar-refractivity contribution in [2.45, 2.75) is 32.4 Å². The second-order valence-electron chi connectivity index (χ2n) is 4.72. The zero-order valence-corrected chi connectivity index (χ0v) is 10.2. The first-order valence-corrected chi connectivity index (χ1v) is 5.99. The molecule has 17 heavy (non-hydrogen) atoms. The van der Waals surface area contributed by atoms with Crippen LogP contribution in [-0.4, -0.2) is 19.3 Å². The van der Waals surface area contributed by atoms with E-state index in [9.17, 15) is 0 Å². The number of nitrogens with zero attached hydrogens (tertiary/aromatic N) is 4. The number of rotatable bonds is 4. The van der Waals surface area contributed by atoms with E-state index in [1.54, 1.807) is 0 Å². The highest BCUT2D eigenvalue weighted by Crippen LogP contribution is 2.37. The van der Waals surface area contributed by atoms with Gasteiger partial charge in [0.15, 0.2) is 0 Å². The standard InChI is InChI=1S/C12H17N5/c1-9-7-17(11-3-4-11)12(15-9)13-5-10-6-14-16(2)8-10/h6-8,11H,3-5H2,1-2H3,(H,13,15). The average molecular weight is 231 g/mol. The van der Waals surface area contributed by atoms with Crippen molar-refractivity contribution in [3.05, 3.63) is 29.8 Å². The second-order valence-corrected chi connectivity index (χ2v) is 4.72. The van der Waals surface area contributed by atoms with Gasteiger partial charge in [-0.15, -0.1) is 0 Å². The van der Waals surface area contributed by atoms with Gasteiger partial charge in [-0.3, -0.25) is 4.68 Å². The van der Waals surface area contributed by atoms with Gasteiger partial charge in [0.1, 0.15) is 0 Å². The molecule has 1 aliphatic carbocycles. The van der Waals surface area contributed by atoms with Gasteiger partial charge in [0.2, 0.25) is 5.95 Å². The number of anilines is 1. The molecular formula is C12H17N5. The van der Waals surface area contributed by atoms with Crippen LogP contribution in [0.25, 0.3) is 0 Å². The highest BCUT2D eigenvalue weighted by atomic mass is 15.3. The lowest BCUT2D eigenvalue weighted by Gasteiger charge is -2.07. The predicted molar refractivity (Wildman–Crippen MR) is 65.8 cm³/mol. The van der Waals surface area contributed by atoms with Crippen LogP contribution in [0.4, 0.5) is 5.95 Å². The summed E-state index contributed by atoms with van der Waals surface area (Å²) in [6.07, 6.45) is 8.58. The fraction of sp³-hybridized carbons (Fsp3) is 0.500. The molecule has 2 heterocycles. The topological polar surface area (TPSA) is 47.7 Å². The lowest BCUT2D eigenvalue weighted by molar-refractivity contribution is 0.742. The normalized spacial score (nSPS) is 15.2. The van der Waals surface area contributed by atoms with Crippen molar-refractivity contribution < 1.29 is 0 Å². The first kappa shape index (κ1) is 10.4. The van der Waals surface area contributed by atoms with Gasteiger partial charge in [-0.1, -0.05) is 0 Å². The zero-order chi connectivity index (χ0) is 11.8. The fourth-order valence-electron chi connectivity index (χ4n) is 2.02. The molecule has 90 valence electrons. The molecule has 0 amide bonds. The van der Waals surface area contributed by atoms with E-state index in [1.165, 1.54) is 18.4 Å². The molecule has 0 aromatic carbocycles. The number of aromatic nitrogens is 4. The summed E-state index contributed by atoms with van der Waals surface area (Å²) in [5.41, 5.74) is 2.25. The molecule has 3 rings (SSSR count). The molecule has 0 saturated heterocycles. The number of aryl methyl sites for hydroxylation is 2. The largest absolute Gasteiger partial charge is 0.351 e. The van der Waals surface area contributed by atoms with Crippen LogP contribution >= 0.6 is 0 Å². The second kappa shape index (κ2) is 3.91. The van der Waals surface area contributed by atoms with E-state index in [-0.39, 0.29) is 0 Å². The molecule has 0 spiro atoms. The van der Waals surface area contributed by atoms with E-state index in [2.05, 4.69) is 26.2 Å². The van der Waals surface area contributed by atoms with Gasteiger partial charge < -0.3 is 9.88 Å². The Labute approximate surface area is 100 Å². The van der Waals surface area contributed by atoms with Crippen molar-refractivity contribution >= 4 is 5.95 Å². The Hall–Kier alpha value is -1.78. The van der Waals surface area contributed by atoms with Crippen molar-refractivity contribution in [3.8, 4) is 0 Å². The number of nitrogens with one attached hydrogen (secondary N) is 1. The fourth-order valence-corrected chi connectivity index (χ4v) is 2.02. The molecule has 0 bridgehead atoms. The van der Waals surface area contributed by atoms with E-state index in [4.69, 9.17) is 0 Å². The summed E-state index contributed by atoms with van der Waals surface area (Å²) < 4.78 is 4.07. The first-order chi connectivity index (χ1) is 8.22. The van der Waals surface area contributed by atoms with E-state index >= 15 is 0 Å². The highest BCUT2D eigenvalue weighted by Gasteiger charge is 2.26. The highest BCUT2D eigenvalue weighted by molar-refractivity contribution is 5.31. The van der Waals surface area contributed by atoms with Crippen molar-refractivity contribution in [2.75, 3.05) is 5.32 Å². The third-order valence-corrected chi connectivity index (χ3v) is 3.00. The maximum Gasteiger partial charge on any atom is 0.203 e. The summed E-state index contributed by atoms with van der Waals surface area (Å²) in [6, 6.07) is 0.660. The molecule has 1 fully saturated rings. The van der Waals surface area contributed by atoms with Gasteiger partial charge >= 0.3 is 0 Å². The third kappa shape index (κ3) is 2.18. The lowest BCUT2D eigenvalue weighted by atomic mass is 10.4. The molecular weight excluding hydrogens is 214 g/mol. The third-order valence-electron chi connectivity index (χ3n) is 3.00. The molecule has 0 radical (unpaired) electrons. The van der Waals surface area contributed by atoms with Crippen molar-refractivity contribution in [3.63, 3.8) is 0 Å². The molecule has 5 heteroatoms. The van der Waals surface area contributed by atoms with Crippen LogP contribution in [0.2, 0.25) is 0 Å². The Morgan fingerprint density at radius 3 is 2.88 bits per heavy atom. The van der Waals surface area contributed by atoms with Crippen LogP contribution in [0.5, 0.6) is 0 Å². The van der Waals surface area contributed by atoms with Gasteiger partial charge in [-0.2, -0.15) is 5.10 Å². The summed E-state index contributed by atoms with van der Waals surface area (Å²) in [4.78, 5) is 4.52. The summed E-state index contributed by atoms with van der Waals surface area (Å²) >= 11 is 0. The minimum Gasteiger partial charge on any atom is -0.351 e. The molecule has 1 N–H and O–H groups in total. The lowest BCUT2D eigenvalue weighted by Crippen LogP contribution is -2.05. The van der Waals surface area contributed by atoms with Crippen LogP contribution < -0.4 is 5.32 Å². The summed E-state index contributed by atoms with van der Waals surface area (Å²) in [6.45, 7) is 2.81. The maximum atomic E-state index is 4.52. The Bertz CT molecular complexity index is 521. The van der Waals surface area contributed by atoms with Crippen molar-refractivity contribution in [1.29, 1.82) is 0 Å². The van der Waals surface area contributed by atoms with Crippen LogP contribution in [-0.2, 0) is 13.6 Å². The molecule has 1 aliphatic rings. The molecule has 0 unspecified atom stereocenters. The SMILES string of the molecule is Cc1cn(C2CC2)c(NCc2cnn(C)c2)n1. The minimum absolute atomic E-state index is 0.660. The number of hydrogen-bond acceptors (Lipinski definition) is 3. The van der Waals surface area contributed by atoms with E-state index < -0.39 is 0 Å². The Morgan fingerprint density at radius 2 is 2.24 bits per heavy atom. The summed E-state index contributed by atoms with van der Waals surface area (Å²) in [5.74, 6) is 0.980. The van der Waals surface area contributed by atoms with Gasteiger partial charge in [-0.05, 0) is 19.8 Å². The Balaban J connectivity index is 1.72. The van der Waals surface area contributed by atoms with Gasteiger partial charge in [0.05, 0.1) is 11.9 Å². The quantitative estimate of drug-likeness (QED) is 0.874. The molecule has 1 saturated carbocycles. The smallest absolute Gasteiger partial charge is 0.203 e. The average Bonchev–Trinajstić information content (AvgIpc) is 2.95. The first-order valence-electron chi connectivity index (χ1n) is 5.99. The molecule has 0 aliphatic heterocycles. The summed E-state index contributed by atoms with van der Waals surface area (Å²) in [5, 5.41) is 7.54. The number of imidazole rings is 1. The van der Waals surface area contributed by atoms with Gasteiger partial charge in [-0.25, -0.2) is 4.98 Å². The van der Waals surface area contributed by atoms with E-state index in [1.807, 2.05) is 31.0 Å². The minimum atomic E-state index is 0.660. The molecule has 2 aromatic rings. The van der Waals surface area contributed by atoms with E-state index in [0.29, 0.717) is 6.04 Å². The molecule has 5 nitrogen and oxygen atoms in total. The maximum absolute atomic E-state index is 4.52. The monoisotopic (exact) mass is 231 g/mol.